The zero-order valence-corrected chi connectivity index (χ0v) is 15.2. The zero-order valence-electron chi connectivity index (χ0n) is 14.4. The molecule has 1 aromatic rings. The second-order valence-corrected chi connectivity index (χ2v) is 8.46. The lowest BCUT2D eigenvalue weighted by Gasteiger charge is -2.37. The van der Waals surface area contributed by atoms with Crippen LogP contribution in [0.3, 0.4) is 0 Å². The first kappa shape index (κ1) is 17.9. The Hall–Kier alpha value is -1.41. The van der Waals surface area contributed by atoms with Crippen LogP contribution in [0.25, 0.3) is 0 Å². The van der Waals surface area contributed by atoms with Gasteiger partial charge in [0.15, 0.2) is 5.76 Å². The van der Waals surface area contributed by atoms with Crippen molar-refractivity contribution >= 4 is 15.9 Å². The van der Waals surface area contributed by atoms with E-state index in [-0.39, 0.29) is 23.9 Å². The van der Waals surface area contributed by atoms with Gasteiger partial charge in [-0.25, -0.2) is 8.42 Å². The predicted octanol–water partition coefficient (Wildman–Crippen LogP) is 1.56. The second kappa shape index (κ2) is 6.24. The van der Waals surface area contributed by atoms with E-state index < -0.39 is 15.4 Å². The summed E-state index contributed by atoms with van der Waals surface area (Å²) < 4.78 is 31.9. The molecule has 0 spiro atoms. The third-order valence-electron chi connectivity index (χ3n) is 4.55. The molecule has 7 nitrogen and oxygen atoms in total. The Kier molecular flexibility index (Phi) is 4.86. The van der Waals surface area contributed by atoms with Crippen molar-refractivity contribution in [1.82, 2.24) is 14.4 Å². The Morgan fingerprint density at radius 3 is 2.22 bits per heavy atom. The molecule has 0 aliphatic carbocycles. The summed E-state index contributed by atoms with van der Waals surface area (Å²) in [4.78, 5) is 14.4. The van der Waals surface area contributed by atoms with Gasteiger partial charge in [-0.3, -0.25) is 4.79 Å². The van der Waals surface area contributed by atoms with Crippen molar-refractivity contribution in [3.8, 4) is 0 Å². The van der Waals surface area contributed by atoms with Gasteiger partial charge >= 0.3 is 0 Å². The third-order valence-corrected chi connectivity index (χ3v) is 6.70. The highest BCUT2D eigenvalue weighted by Gasteiger charge is 2.37. The predicted molar refractivity (Wildman–Crippen MR) is 85.4 cm³/mol. The minimum atomic E-state index is -3.63. The van der Waals surface area contributed by atoms with Crippen molar-refractivity contribution in [1.29, 1.82) is 0 Å². The van der Waals surface area contributed by atoms with E-state index in [1.54, 1.807) is 18.7 Å². The van der Waals surface area contributed by atoms with Crippen molar-refractivity contribution in [2.75, 3.05) is 26.2 Å². The van der Waals surface area contributed by atoms with Crippen LogP contribution in [0.5, 0.6) is 0 Å². The highest BCUT2D eigenvalue weighted by Crippen LogP contribution is 2.27. The molecule has 1 aromatic heterocycles. The molecular formula is C15H25N3O4S. The fourth-order valence-electron chi connectivity index (χ4n) is 2.68. The van der Waals surface area contributed by atoms with E-state index in [9.17, 15) is 13.2 Å². The number of nitrogens with zero attached hydrogens (tertiary/aromatic N) is 3. The van der Waals surface area contributed by atoms with E-state index in [0.29, 0.717) is 24.5 Å². The summed E-state index contributed by atoms with van der Waals surface area (Å²) in [6.07, 6.45) is 0.753. The summed E-state index contributed by atoms with van der Waals surface area (Å²) in [7, 11) is -3.63. The standard InChI is InChI=1S/C15H25N3O4S/c1-6-15(4,5)14(19)17-7-9-18(10-8-17)23(20,21)13-11(2)16-22-12(13)3/h6-10H2,1-5H3. The van der Waals surface area contributed by atoms with Crippen LogP contribution in [-0.4, -0.2) is 54.9 Å². The van der Waals surface area contributed by atoms with E-state index in [0.717, 1.165) is 6.42 Å². The van der Waals surface area contributed by atoms with Gasteiger partial charge in [0.05, 0.1) is 0 Å². The molecular weight excluding hydrogens is 318 g/mol. The van der Waals surface area contributed by atoms with Crippen molar-refractivity contribution in [2.45, 2.75) is 45.9 Å². The van der Waals surface area contributed by atoms with Gasteiger partial charge in [-0.2, -0.15) is 4.31 Å². The van der Waals surface area contributed by atoms with Gasteiger partial charge in [0.25, 0.3) is 0 Å². The molecule has 1 aliphatic heterocycles. The first-order valence-electron chi connectivity index (χ1n) is 7.83. The van der Waals surface area contributed by atoms with E-state index in [4.69, 9.17) is 4.52 Å². The topological polar surface area (TPSA) is 83.7 Å². The highest BCUT2D eigenvalue weighted by atomic mass is 32.2. The minimum Gasteiger partial charge on any atom is -0.360 e. The van der Waals surface area contributed by atoms with Crippen LogP contribution < -0.4 is 0 Å². The molecule has 2 rings (SSSR count). The molecule has 2 heterocycles. The number of carbonyl (C=O) groups is 1. The zero-order chi connectivity index (χ0) is 17.4. The van der Waals surface area contributed by atoms with Gasteiger partial charge in [0, 0.05) is 31.6 Å². The monoisotopic (exact) mass is 343 g/mol. The summed E-state index contributed by atoms with van der Waals surface area (Å²) in [6.45, 7) is 10.4. The first-order chi connectivity index (χ1) is 10.6. The summed E-state index contributed by atoms with van der Waals surface area (Å²) in [5.74, 6) is 0.377. The lowest BCUT2D eigenvalue weighted by Crippen LogP contribution is -2.53. The Morgan fingerprint density at radius 2 is 1.78 bits per heavy atom. The highest BCUT2D eigenvalue weighted by molar-refractivity contribution is 7.89. The molecule has 0 saturated carbocycles. The summed E-state index contributed by atoms with van der Waals surface area (Å²) in [5, 5.41) is 3.72. The molecule has 1 aliphatic rings. The fraction of sp³-hybridized carbons (Fsp3) is 0.733. The lowest BCUT2D eigenvalue weighted by atomic mass is 9.88. The maximum absolute atomic E-state index is 12.7. The van der Waals surface area contributed by atoms with Crippen molar-refractivity contribution in [3.63, 3.8) is 0 Å². The molecule has 0 bridgehead atoms. The van der Waals surface area contributed by atoms with Crippen LogP contribution in [0.15, 0.2) is 9.42 Å². The number of piperazine rings is 1. The molecule has 8 heteroatoms. The lowest BCUT2D eigenvalue weighted by molar-refractivity contribution is -0.141. The third kappa shape index (κ3) is 3.28. The second-order valence-electron chi connectivity index (χ2n) is 6.59. The Balaban J connectivity index is 2.12. The SMILES string of the molecule is CCC(C)(C)C(=O)N1CCN(S(=O)(=O)c2c(C)noc2C)CC1. The van der Waals surface area contributed by atoms with E-state index in [1.807, 2.05) is 20.8 Å². The van der Waals surface area contributed by atoms with Crippen molar-refractivity contribution in [3.05, 3.63) is 11.5 Å². The summed E-state index contributed by atoms with van der Waals surface area (Å²) in [6, 6.07) is 0. The van der Waals surface area contributed by atoms with Crippen molar-refractivity contribution < 1.29 is 17.7 Å². The normalized spacial score (nSPS) is 17.5. The number of aromatic nitrogens is 1. The fourth-order valence-corrected chi connectivity index (χ4v) is 4.40. The van der Waals surface area contributed by atoms with Gasteiger partial charge < -0.3 is 9.42 Å². The average Bonchev–Trinajstić information content (AvgIpc) is 2.86. The Morgan fingerprint density at radius 1 is 1.22 bits per heavy atom. The minimum absolute atomic E-state index is 0.0781. The van der Waals surface area contributed by atoms with Gasteiger partial charge in [-0.1, -0.05) is 25.9 Å². The van der Waals surface area contributed by atoms with Crippen LogP contribution >= 0.6 is 0 Å². The maximum atomic E-state index is 12.7. The number of carbonyl (C=O) groups excluding carboxylic acids is 1. The molecule has 0 unspecified atom stereocenters. The number of aryl methyl sites for hydroxylation is 2. The summed E-state index contributed by atoms with van der Waals surface area (Å²) in [5.41, 5.74) is -0.0454. The molecule has 23 heavy (non-hydrogen) atoms. The largest absolute Gasteiger partial charge is 0.360 e. The van der Waals surface area contributed by atoms with Crippen LogP contribution in [0.2, 0.25) is 0 Å². The average molecular weight is 343 g/mol. The molecule has 0 radical (unpaired) electrons. The number of hydrogen-bond acceptors (Lipinski definition) is 5. The van der Waals surface area contributed by atoms with Crippen LogP contribution in [0.4, 0.5) is 0 Å². The molecule has 0 N–H and O–H groups in total. The van der Waals surface area contributed by atoms with Crippen LogP contribution in [-0.2, 0) is 14.8 Å². The molecule has 1 fully saturated rings. The number of amides is 1. The van der Waals surface area contributed by atoms with E-state index in [1.165, 1.54) is 4.31 Å². The van der Waals surface area contributed by atoms with Gasteiger partial charge in [0.2, 0.25) is 15.9 Å². The number of sulfonamides is 1. The number of hydrogen-bond donors (Lipinski definition) is 0. The van der Waals surface area contributed by atoms with Gasteiger partial charge in [-0.05, 0) is 20.3 Å². The van der Waals surface area contributed by atoms with Crippen molar-refractivity contribution in [2.24, 2.45) is 5.41 Å². The molecule has 130 valence electrons. The molecule has 1 saturated heterocycles. The molecule has 1 amide bonds. The molecule has 0 aromatic carbocycles. The van der Waals surface area contributed by atoms with Gasteiger partial charge in [0.1, 0.15) is 10.6 Å². The van der Waals surface area contributed by atoms with Gasteiger partial charge in [-0.15, -0.1) is 0 Å². The Labute approximate surface area is 137 Å². The smallest absolute Gasteiger partial charge is 0.248 e. The Bertz CT molecular complexity index is 666. The van der Waals surface area contributed by atoms with E-state index in [2.05, 4.69) is 5.16 Å². The first-order valence-corrected chi connectivity index (χ1v) is 9.27. The van der Waals surface area contributed by atoms with E-state index >= 15 is 0 Å². The summed E-state index contributed by atoms with van der Waals surface area (Å²) >= 11 is 0. The maximum Gasteiger partial charge on any atom is 0.248 e. The quantitative estimate of drug-likeness (QED) is 0.828. The van der Waals surface area contributed by atoms with Crippen LogP contribution in [0.1, 0.15) is 38.6 Å². The number of rotatable bonds is 4. The molecule has 0 atom stereocenters. The van der Waals surface area contributed by atoms with Crippen LogP contribution in [0, 0.1) is 19.3 Å².